The summed E-state index contributed by atoms with van der Waals surface area (Å²) in [7, 11) is 0. The quantitative estimate of drug-likeness (QED) is 0.126. The van der Waals surface area contributed by atoms with Gasteiger partial charge in [-0.05, 0) is 35.6 Å². The average molecular weight is 759 g/mol. The van der Waals surface area contributed by atoms with E-state index in [1.807, 2.05) is 58.2 Å². The van der Waals surface area contributed by atoms with Crippen LogP contribution in [0.3, 0.4) is 0 Å². The van der Waals surface area contributed by atoms with Crippen LogP contribution in [0.15, 0.2) is 88.0 Å². The number of para-hydroxylation sites is 2. The van der Waals surface area contributed by atoms with Crippen molar-refractivity contribution in [1.29, 1.82) is 0 Å². The van der Waals surface area contributed by atoms with Crippen molar-refractivity contribution in [1.82, 2.24) is 25.6 Å². The van der Waals surface area contributed by atoms with Gasteiger partial charge in [-0.15, -0.1) is 0 Å². The highest BCUT2D eigenvalue weighted by Crippen LogP contribution is 2.57. The van der Waals surface area contributed by atoms with E-state index in [9.17, 15) is 19.5 Å². The fourth-order valence-electron chi connectivity index (χ4n) is 7.59. The van der Waals surface area contributed by atoms with Crippen LogP contribution in [0.2, 0.25) is 0 Å². The van der Waals surface area contributed by atoms with Crippen LogP contribution < -0.4 is 21.1 Å². The highest BCUT2D eigenvalue weighted by atomic mass is 16.7. The third kappa shape index (κ3) is 6.06. The number of ether oxygens (including phenoxy) is 2. The molecule has 2 aliphatic heterocycles. The van der Waals surface area contributed by atoms with Crippen molar-refractivity contribution in [2.75, 3.05) is 0 Å². The molecule has 56 heavy (non-hydrogen) atoms. The van der Waals surface area contributed by atoms with E-state index in [4.69, 9.17) is 34.0 Å². The number of aromatic nitrogens is 3. The summed E-state index contributed by atoms with van der Waals surface area (Å²) in [5.41, 5.74) is 7.59. The van der Waals surface area contributed by atoms with Crippen molar-refractivity contribution >= 4 is 28.7 Å². The maximum Gasteiger partial charge on any atom is 0.305 e. The smallest absolute Gasteiger partial charge is 0.305 e. The first-order chi connectivity index (χ1) is 26.9. The molecule has 0 radical (unpaired) electrons. The SMILES string of the molecule is CC(=O)O[C@@H]1Oc2ccccc2[C@@]12c1cc(ccc1O)C[C@H](NC(=O)[C@@H](N)C(C)C)C(=O)N[C@@H](C(C)C)c1nc(-c3ncc(-c4c[nH]c5ccccc45)o3)c2o1. The molecule has 2 amide bonds. The highest BCUT2D eigenvalue weighted by Gasteiger charge is 2.60. The van der Waals surface area contributed by atoms with Crippen LogP contribution in [0, 0.1) is 11.8 Å². The van der Waals surface area contributed by atoms with Gasteiger partial charge in [0, 0.05) is 47.1 Å². The predicted octanol–water partition coefficient (Wildman–Crippen LogP) is 5.64. The largest absolute Gasteiger partial charge is 0.508 e. The number of nitrogens with two attached hydrogens (primary N) is 1. The highest BCUT2D eigenvalue weighted by molar-refractivity contribution is 5.94. The number of aromatic amines is 1. The van der Waals surface area contributed by atoms with Gasteiger partial charge in [-0.2, -0.15) is 0 Å². The Hall–Kier alpha value is -6.41. The molecule has 4 bridgehead atoms. The fourth-order valence-corrected chi connectivity index (χ4v) is 7.59. The molecule has 6 aromatic rings. The number of phenolic OH excluding ortho intramolecular Hbond substituents is 1. The maximum atomic E-state index is 14.2. The summed E-state index contributed by atoms with van der Waals surface area (Å²) in [6.07, 6.45) is 2.01. The van der Waals surface area contributed by atoms with Gasteiger partial charge in [0.1, 0.15) is 23.6 Å². The minimum Gasteiger partial charge on any atom is -0.508 e. The number of carbonyl (C=O) groups is 3. The Morgan fingerprint density at radius 1 is 1.04 bits per heavy atom. The number of benzene rings is 3. The van der Waals surface area contributed by atoms with Crippen LogP contribution in [0.4, 0.5) is 0 Å². The number of carbonyl (C=O) groups excluding carboxylic acids is 3. The lowest BCUT2D eigenvalue weighted by Crippen LogP contribution is -2.54. The van der Waals surface area contributed by atoms with Crippen molar-refractivity contribution in [3.05, 3.63) is 107 Å². The summed E-state index contributed by atoms with van der Waals surface area (Å²) in [5.74, 6) is -1.27. The van der Waals surface area contributed by atoms with E-state index in [-0.39, 0.29) is 52.8 Å². The molecule has 288 valence electrons. The van der Waals surface area contributed by atoms with Crippen LogP contribution in [0.1, 0.15) is 69.0 Å². The number of nitrogens with zero attached hydrogens (tertiary/aromatic N) is 2. The molecule has 0 aliphatic carbocycles. The van der Waals surface area contributed by atoms with E-state index in [1.165, 1.54) is 13.0 Å². The zero-order valence-electron chi connectivity index (χ0n) is 31.5. The summed E-state index contributed by atoms with van der Waals surface area (Å²) < 4.78 is 25.8. The normalized spacial score (nSPS) is 20.9. The number of nitrogens with one attached hydrogen (secondary N) is 3. The minimum absolute atomic E-state index is 0.0181. The fraction of sp³-hybridized carbons (Fsp3) is 0.310. The van der Waals surface area contributed by atoms with Gasteiger partial charge in [0.05, 0.1) is 12.2 Å². The van der Waals surface area contributed by atoms with Crippen LogP contribution >= 0.6 is 0 Å². The zero-order chi connectivity index (χ0) is 39.5. The summed E-state index contributed by atoms with van der Waals surface area (Å²) in [6.45, 7) is 8.69. The number of amides is 2. The molecule has 0 unspecified atom stereocenters. The standard InChI is InChI=1S/C42H42N6O8/c1-20(2)33(43)38(52)46-29-17-23-14-15-30(50)27(16-23)42(26-11-7-9-13-31(26)55-41(42)53-22(5)49)36-35(48-40(56-36)34(21(3)4)47-37(29)51)39-45-19-32(54-39)25-18-44-28-12-8-6-10-24(25)28/h6-16,18-21,29,33-34,41,44,50H,17,43H2,1-5H3,(H,46,52)(H,47,51)/t29-,33-,34-,41+,42-/m0/s1. The van der Waals surface area contributed by atoms with Gasteiger partial charge >= 0.3 is 5.97 Å². The monoisotopic (exact) mass is 758 g/mol. The first-order valence-electron chi connectivity index (χ1n) is 18.5. The molecule has 6 N–H and O–H groups in total. The molecule has 14 heteroatoms. The molecule has 5 heterocycles. The third-order valence-electron chi connectivity index (χ3n) is 10.5. The molecule has 0 saturated heterocycles. The Kier molecular flexibility index (Phi) is 9.15. The van der Waals surface area contributed by atoms with Crippen LogP contribution in [-0.2, 0) is 31.0 Å². The zero-order valence-corrected chi connectivity index (χ0v) is 31.5. The van der Waals surface area contributed by atoms with Gasteiger partial charge in [0.2, 0.25) is 23.6 Å². The predicted molar refractivity (Wildman–Crippen MR) is 204 cm³/mol. The molecular formula is C42H42N6O8. The van der Waals surface area contributed by atoms with E-state index in [0.29, 0.717) is 22.6 Å². The molecular weight excluding hydrogens is 716 g/mol. The Morgan fingerprint density at radius 3 is 2.57 bits per heavy atom. The van der Waals surface area contributed by atoms with Crippen molar-refractivity contribution in [3.8, 4) is 34.4 Å². The van der Waals surface area contributed by atoms with E-state index in [1.54, 1.807) is 42.6 Å². The Morgan fingerprint density at radius 2 is 1.80 bits per heavy atom. The first kappa shape index (κ1) is 36.6. The van der Waals surface area contributed by atoms with Gasteiger partial charge in [-0.1, -0.05) is 76.2 Å². The minimum atomic E-state index is -1.71. The second-order valence-electron chi connectivity index (χ2n) is 15.0. The molecule has 5 atom stereocenters. The number of esters is 1. The summed E-state index contributed by atoms with van der Waals surface area (Å²) in [4.78, 5) is 53.4. The molecule has 1 spiro atoms. The molecule has 0 fully saturated rings. The Balaban J connectivity index is 1.40. The number of aromatic hydroxyl groups is 1. The van der Waals surface area contributed by atoms with E-state index in [0.717, 1.165) is 16.5 Å². The van der Waals surface area contributed by atoms with Crippen molar-refractivity contribution in [3.63, 3.8) is 0 Å². The molecule has 8 rings (SSSR count). The lowest BCUT2D eigenvalue weighted by Gasteiger charge is -2.33. The van der Waals surface area contributed by atoms with Crippen LogP contribution in [0.5, 0.6) is 11.5 Å². The molecule has 2 aliphatic rings. The van der Waals surface area contributed by atoms with Gasteiger partial charge in [0.25, 0.3) is 6.29 Å². The topological polar surface area (TPSA) is 208 Å². The lowest BCUT2D eigenvalue weighted by molar-refractivity contribution is -0.164. The first-order valence-corrected chi connectivity index (χ1v) is 18.5. The van der Waals surface area contributed by atoms with Gasteiger partial charge in [0.15, 0.2) is 22.6 Å². The average Bonchev–Trinajstić information content (AvgIpc) is 3.97. The number of phenols is 1. The Labute approximate surface area is 321 Å². The lowest BCUT2D eigenvalue weighted by atomic mass is 9.71. The summed E-state index contributed by atoms with van der Waals surface area (Å²) >= 11 is 0. The second kappa shape index (κ2) is 14.0. The van der Waals surface area contributed by atoms with Gasteiger partial charge in [-0.3, -0.25) is 14.4 Å². The molecule has 3 aromatic heterocycles. The van der Waals surface area contributed by atoms with E-state index in [2.05, 4.69) is 15.6 Å². The van der Waals surface area contributed by atoms with Gasteiger partial charge < -0.3 is 44.8 Å². The molecule has 3 aromatic carbocycles. The molecule has 14 nitrogen and oxygen atoms in total. The van der Waals surface area contributed by atoms with E-state index >= 15 is 0 Å². The second-order valence-corrected chi connectivity index (χ2v) is 15.0. The Bertz CT molecular complexity index is 2480. The van der Waals surface area contributed by atoms with E-state index < -0.39 is 47.6 Å². The van der Waals surface area contributed by atoms with Crippen LogP contribution in [-0.4, -0.2) is 56.2 Å². The summed E-state index contributed by atoms with van der Waals surface area (Å²) in [5, 5.41) is 18.7. The van der Waals surface area contributed by atoms with Crippen molar-refractivity contribution < 1.29 is 37.8 Å². The van der Waals surface area contributed by atoms with Crippen molar-refractivity contribution in [2.24, 2.45) is 17.6 Å². The number of oxazole rings is 2. The number of rotatable bonds is 7. The third-order valence-corrected chi connectivity index (χ3v) is 10.5. The summed E-state index contributed by atoms with van der Waals surface area (Å²) in [6, 6.07) is 16.9. The molecule has 0 saturated carbocycles. The van der Waals surface area contributed by atoms with Crippen molar-refractivity contribution in [2.45, 2.75) is 70.9 Å². The maximum absolute atomic E-state index is 14.2. The number of H-pyrrole nitrogens is 1. The number of fused-ring (bicyclic) bond motifs is 9. The number of hydrogen-bond acceptors (Lipinski definition) is 11. The van der Waals surface area contributed by atoms with Crippen LogP contribution in [0.25, 0.3) is 33.8 Å². The number of hydrogen-bond donors (Lipinski definition) is 5. The van der Waals surface area contributed by atoms with Gasteiger partial charge in [-0.25, -0.2) is 9.97 Å².